The number of furan rings is 1. The highest BCUT2D eigenvalue weighted by molar-refractivity contribution is 5.87. The van der Waals surface area contributed by atoms with Gasteiger partial charge in [0.25, 0.3) is 0 Å². The number of rotatable bonds is 1. The summed E-state index contributed by atoms with van der Waals surface area (Å²) in [6.07, 6.45) is 1.06. The molecule has 0 saturated heterocycles. The molecule has 1 aromatic carbocycles. The molecule has 2 rings (SSSR count). The van der Waals surface area contributed by atoms with E-state index in [9.17, 15) is 10.1 Å². The minimum atomic E-state index is -0.550. The summed E-state index contributed by atoms with van der Waals surface area (Å²) in [4.78, 5) is 9.90. The van der Waals surface area contributed by atoms with Crippen LogP contribution in [0.3, 0.4) is 0 Å². The van der Waals surface area contributed by atoms with E-state index in [1.807, 2.05) is 0 Å². The van der Waals surface area contributed by atoms with Crippen molar-refractivity contribution in [1.82, 2.24) is 0 Å². The topological polar surface area (TPSA) is 76.5 Å². The van der Waals surface area contributed by atoms with Crippen molar-refractivity contribution in [3.05, 3.63) is 34.6 Å². The molecule has 0 radical (unpaired) electrons. The number of hydrogen-bond donors (Lipinski definition) is 1. The van der Waals surface area contributed by atoms with Gasteiger partial charge in [-0.25, -0.2) is 0 Å². The van der Waals surface area contributed by atoms with Crippen molar-refractivity contribution in [2.24, 2.45) is 0 Å². The summed E-state index contributed by atoms with van der Waals surface area (Å²) < 4.78 is 4.91. The van der Waals surface area contributed by atoms with Gasteiger partial charge in [-0.05, 0) is 18.2 Å². The lowest BCUT2D eigenvalue weighted by atomic mass is 10.2. The van der Waals surface area contributed by atoms with Gasteiger partial charge in [-0.2, -0.15) is 0 Å². The van der Waals surface area contributed by atoms with Gasteiger partial charge in [-0.15, -0.1) is 0 Å². The van der Waals surface area contributed by atoms with E-state index >= 15 is 0 Å². The maximum Gasteiger partial charge on any atom is 0.315 e. The summed E-state index contributed by atoms with van der Waals surface area (Å²) in [5, 5.41) is 19.9. The number of aromatic hydroxyl groups is 1. The lowest BCUT2D eigenvalue weighted by molar-refractivity contribution is -0.383. The van der Waals surface area contributed by atoms with E-state index in [0.29, 0.717) is 11.0 Å². The van der Waals surface area contributed by atoms with Crippen LogP contribution in [0.15, 0.2) is 28.9 Å². The maximum atomic E-state index is 10.5. The standard InChI is InChI=1S/C8H5NO4/c10-5-1-2-8-6(3-5)7(4-13-8)9(11)12/h1-4,10H. The van der Waals surface area contributed by atoms with E-state index < -0.39 is 4.92 Å². The van der Waals surface area contributed by atoms with Gasteiger partial charge in [0.1, 0.15) is 16.7 Å². The van der Waals surface area contributed by atoms with E-state index in [1.165, 1.54) is 18.2 Å². The molecule has 0 aliphatic rings. The van der Waals surface area contributed by atoms with Crippen LogP contribution in [0.25, 0.3) is 11.0 Å². The fraction of sp³-hybridized carbons (Fsp3) is 0. The van der Waals surface area contributed by atoms with Crippen LogP contribution in [0.5, 0.6) is 5.75 Å². The Hall–Kier alpha value is -2.04. The summed E-state index contributed by atoms with van der Waals surface area (Å²) in [5.41, 5.74) is 0.260. The first-order valence-corrected chi connectivity index (χ1v) is 3.53. The molecule has 0 saturated carbocycles. The lowest BCUT2D eigenvalue weighted by Gasteiger charge is -1.89. The number of hydrogen-bond acceptors (Lipinski definition) is 4. The van der Waals surface area contributed by atoms with Gasteiger partial charge in [-0.3, -0.25) is 10.1 Å². The Kier molecular flexibility index (Phi) is 1.45. The molecule has 66 valence electrons. The molecule has 13 heavy (non-hydrogen) atoms. The summed E-state index contributed by atoms with van der Waals surface area (Å²) >= 11 is 0. The number of fused-ring (bicyclic) bond motifs is 1. The monoisotopic (exact) mass is 179 g/mol. The third kappa shape index (κ3) is 1.10. The molecular weight excluding hydrogens is 174 g/mol. The van der Waals surface area contributed by atoms with Crippen LogP contribution in [0.2, 0.25) is 0 Å². The second kappa shape index (κ2) is 2.48. The van der Waals surface area contributed by atoms with E-state index in [1.54, 1.807) is 0 Å². The molecule has 0 fully saturated rings. The minimum absolute atomic E-state index is 0.0167. The third-order valence-electron chi connectivity index (χ3n) is 1.73. The van der Waals surface area contributed by atoms with Crippen molar-refractivity contribution < 1.29 is 14.4 Å². The fourth-order valence-electron chi connectivity index (χ4n) is 1.15. The highest BCUT2D eigenvalue weighted by Crippen LogP contribution is 2.29. The first-order valence-electron chi connectivity index (χ1n) is 3.53. The zero-order valence-corrected chi connectivity index (χ0v) is 6.43. The minimum Gasteiger partial charge on any atom is -0.508 e. The van der Waals surface area contributed by atoms with Crippen LogP contribution in [0, 0.1) is 10.1 Å². The van der Waals surface area contributed by atoms with Crippen LogP contribution in [-0.4, -0.2) is 10.0 Å². The van der Waals surface area contributed by atoms with Crippen molar-refractivity contribution in [3.63, 3.8) is 0 Å². The van der Waals surface area contributed by atoms with Gasteiger partial charge in [0, 0.05) is 0 Å². The predicted octanol–water partition coefficient (Wildman–Crippen LogP) is 2.05. The predicted molar refractivity (Wildman–Crippen MR) is 44.5 cm³/mol. The van der Waals surface area contributed by atoms with Crippen molar-refractivity contribution in [1.29, 1.82) is 0 Å². The third-order valence-corrected chi connectivity index (χ3v) is 1.73. The Morgan fingerprint density at radius 3 is 2.92 bits per heavy atom. The van der Waals surface area contributed by atoms with Crippen LogP contribution in [0.1, 0.15) is 0 Å². The van der Waals surface area contributed by atoms with Gasteiger partial charge in [0.2, 0.25) is 0 Å². The van der Waals surface area contributed by atoms with Gasteiger partial charge in [0.05, 0.1) is 4.92 Å². The number of nitro groups is 1. The van der Waals surface area contributed by atoms with E-state index in [0.717, 1.165) is 6.26 Å². The molecule has 0 aliphatic carbocycles. The first-order chi connectivity index (χ1) is 6.18. The van der Waals surface area contributed by atoms with E-state index in [2.05, 4.69) is 0 Å². The molecule has 0 aliphatic heterocycles. The van der Waals surface area contributed by atoms with Crippen molar-refractivity contribution in [2.75, 3.05) is 0 Å². The highest BCUT2D eigenvalue weighted by Gasteiger charge is 2.15. The number of phenolic OH excluding ortho intramolecular Hbond substituents is 1. The Morgan fingerprint density at radius 2 is 2.23 bits per heavy atom. The zero-order chi connectivity index (χ0) is 9.42. The molecule has 5 heteroatoms. The van der Waals surface area contributed by atoms with Gasteiger partial charge in [-0.1, -0.05) is 0 Å². The molecule has 0 spiro atoms. The Bertz CT molecular complexity index is 474. The van der Waals surface area contributed by atoms with Gasteiger partial charge >= 0.3 is 5.69 Å². The Labute approximate surface area is 72.4 Å². The van der Waals surface area contributed by atoms with Crippen LogP contribution >= 0.6 is 0 Å². The number of benzene rings is 1. The van der Waals surface area contributed by atoms with Crippen LogP contribution in [0.4, 0.5) is 5.69 Å². The number of nitrogens with zero attached hydrogens (tertiary/aromatic N) is 1. The fourth-order valence-corrected chi connectivity index (χ4v) is 1.15. The van der Waals surface area contributed by atoms with E-state index in [-0.39, 0.29) is 11.4 Å². The van der Waals surface area contributed by atoms with Crippen LogP contribution < -0.4 is 0 Å². The molecular formula is C8H5NO4. The molecule has 2 aromatic rings. The average Bonchev–Trinajstić information content (AvgIpc) is 2.46. The zero-order valence-electron chi connectivity index (χ0n) is 6.43. The molecule has 0 unspecified atom stereocenters. The molecule has 0 atom stereocenters. The summed E-state index contributed by atoms with van der Waals surface area (Å²) in [7, 11) is 0. The highest BCUT2D eigenvalue weighted by atomic mass is 16.6. The normalized spacial score (nSPS) is 10.5. The van der Waals surface area contributed by atoms with Crippen molar-refractivity contribution in [2.45, 2.75) is 0 Å². The van der Waals surface area contributed by atoms with Crippen molar-refractivity contribution in [3.8, 4) is 5.75 Å². The average molecular weight is 179 g/mol. The summed E-state index contributed by atoms with van der Waals surface area (Å²) in [5.74, 6) is -0.0167. The van der Waals surface area contributed by atoms with Gasteiger partial charge in [0.15, 0.2) is 6.26 Å². The second-order valence-corrected chi connectivity index (χ2v) is 2.56. The maximum absolute atomic E-state index is 10.5. The summed E-state index contributed by atoms with van der Waals surface area (Å²) in [6, 6.07) is 4.20. The first kappa shape index (κ1) is 7.60. The lowest BCUT2D eigenvalue weighted by Crippen LogP contribution is -1.84. The second-order valence-electron chi connectivity index (χ2n) is 2.56. The molecule has 0 amide bonds. The SMILES string of the molecule is O=[N+]([O-])c1coc2ccc(O)cc12. The van der Waals surface area contributed by atoms with Gasteiger partial charge < -0.3 is 9.52 Å². The van der Waals surface area contributed by atoms with Crippen molar-refractivity contribution >= 4 is 16.7 Å². The van der Waals surface area contributed by atoms with Crippen LogP contribution in [-0.2, 0) is 0 Å². The molecule has 0 bridgehead atoms. The van der Waals surface area contributed by atoms with E-state index in [4.69, 9.17) is 9.52 Å². The molecule has 1 aromatic heterocycles. The number of phenols is 1. The molecule has 1 heterocycles. The Balaban J connectivity index is 2.79. The Morgan fingerprint density at radius 1 is 1.46 bits per heavy atom. The largest absolute Gasteiger partial charge is 0.508 e. The molecule has 5 nitrogen and oxygen atoms in total. The quantitative estimate of drug-likeness (QED) is 0.536. The summed E-state index contributed by atoms with van der Waals surface area (Å²) in [6.45, 7) is 0. The molecule has 1 N–H and O–H groups in total. The smallest absolute Gasteiger partial charge is 0.315 e.